The highest BCUT2D eigenvalue weighted by Gasteiger charge is 2.27. The Balaban J connectivity index is 2.33. The van der Waals surface area contributed by atoms with E-state index in [0.29, 0.717) is 12.0 Å². The Bertz CT molecular complexity index is 465. The standard InChI is InChI=1S/C15H24IN3O/c1-5-17-15-13(16)11(8-9(2)3)18-14(19-15)12-7-6-10(4)20-12/h9-10,12H,5-8H2,1-4H3,(H,17,18,19). The van der Waals surface area contributed by atoms with Crippen molar-refractivity contribution in [2.45, 2.75) is 59.2 Å². The van der Waals surface area contributed by atoms with Crippen molar-refractivity contribution in [1.29, 1.82) is 0 Å². The fourth-order valence-corrected chi connectivity index (χ4v) is 3.11. The molecule has 0 amide bonds. The molecule has 1 N–H and O–H groups in total. The van der Waals surface area contributed by atoms with Gasteiger partial charge in [0.15, 0.2) is 5.82 Å². The number of ether oxygens (including phenoxy) is 1. The highest BCUT2D eigenvalue weighted by molar-refractivity contribution is 14.1. The van der Waals surface area contributed by atoms with Crippen LogP contribution in [0.1, 0.15) is 58.2 Å². The van der Waals surface area contributed by atoms with Gasteiger partial charge in [0.1, 0.15) is 11.9 Å². The molecule has 112 valence electrons. The molecule has 2 atom stereocenters. The first-order valence-corrected chi connectivity index (χ1v) is 8.54. The second-order valence-corrected chi connectivity index (χ2v) is 6.91. The maximum atomic E-state index is 5.93. The van der Waals surface area contributed by atoms with Gasteiger partial charge in [-0.1, -0.05) is 13.8 Å². The van der Waals surface area contributed by atoms with E-state index in [0.717, 1.165) is 46.7 Å². The Morgan fingerprint density at radius 3 is 2.65 bits per heavy atom. The third-order valence-electron chi connectivity index (χ3n) is 3.40. The number of anilines is 1. The molecule has 0 aliphatic carbocycles. The van der Waals surface area contributed by atoms with Gasteiger partial charge in [0.25, 0.3) is 0 Å². The van der Waals surface area contributed by atoms with Crippen molar-refractivity contribution in [2.75, 3.05) is 11.9 Å². The van der Waals surface area contributed by atoms with Gasteiger partial charge in [-0.15, -0.1) is 0 Å². The molecule has 20 heavy (non-hydrogen) atoms. The Morgan fingerprint density at radius 2 is 2.10 bits per heavy atom. The van der Waals surface area contributed by atoms with E-state index in [2.05, 4.69) is 55.6 Å². The maximum absolute atomic E-state index is 5.93. The molecule has 0 radical (unpaired) electrons. The Labute approximate surface area is 135 Å². The van der Waals surface area contributed by atoms with E-state index < -0.39 is 0 Å². The van der Waals surface area contributed by atoms with E-state index in [1.54, 1.807) is 0 Å². The quantitative estimate of drug-likeness (QED) is 0.775. The molecule has 2 heterocycles. The zero-order chi connectivity index (χ0) is 14.7. The minimum atomic E-state index is 0.0605. The van der Waals surface area contributed by atoms with Crippen LogP contribution in [0.4, 0.5) is 5.82 Å². The smallest absolute Gasteiger partial charge is 0.159 e. The van der Waals surface area contributed by atoms with Gasteiger partial charge in [0, 0.05) is 6.54 Å². The number of aromatic nitrogens is 2. The van der Waals surface area contributed by atoms with E-state index in [-0.39, 0.29) is 6.10 Å². The Morgan fingerprint density at radius 1 is 1.35 bits per heavy atom. The molecule has 2 unspecified atom stereocenters. The predicted octanol–water partition coefficient (Wildman–Crippen LogP) is 3.95. The van der Waals surface area contributed by atoms with Gasteiger partial charge >= 0.3 is 0 Å². The van der Waals surface area contributed by atoms with Crippen LogP contribution in [-0.2, 0) is 11.2 Å². The molecule has 0 aromatic carbocycles. The fraction of sp³-hybridized carbons (Fsp3) is 0.733. The number of halogens is 1. The van der Waals surface area contributed by atoms with Gasteiger partial charge in [0.2, 0.25) is 0 Å². The minimum absolute atomic E-state index is 0.0605. The Hall–Kier alpha value is -0.430. The lowest BCUT2D eigenvalue weighted by molar-refractivity contribution is 0.0502. The van der Waals surface area contributed by atoms with Gasteiger partial charge in [-0.2, -0.15) is 0 Å². The van der Waals surface area contributed by atoms with Crippen LogP contribution in [0, 0.1) is 9.49 Å². The summed E-state index contributed by atoms with van der Waals surface area (Å²) in [5.41, 5.74) is 1.14. The van der Waals surface area contributed by atoms with Crippen LogP contribution in [0.2, 0.25) is 0 Å². The molecule has 1 aliphatic rings. The first-order chi connectivity index (χ1) is 9.51. The number of nitrogens with one attached hydrogen (secondary N) is 1. The minimum Gasteiger partial charge on any atom is -0.369 e. The first-order valence-electron chi connectivity index (χ1n) is 7.46. The van der Waals surface area contributed by atoms with E-state index >= 15 is 0 Å². The normalized spacial score (nSPS) is 22.5. The van der Waals surface area contributed by atoms with Gasteiger partial charge in [-0.25, -0.2) is 9.97 Å². The van der Waals surface area contributed by atoms with Crippen LogP contribution in [0.5, 0.6) is 0 Å². The number of hydrogen-bond donors (Lipinski definition) is 1. The molecule has 1 aliphatic heterocycles. The third kappa shape index (κ3) is 3.81. The van der Waals surface area contributed by atoms with Crippen molar-refractivity contribution in [3.63, 3.8) is 0 Å². The summed E-state index contributed by atoms with van der Waals surface area (Å²) < 4.78 is 7.07. The second kappa shape index (κ2) is 7.02. The van der Waals surface area contributed by atoms with Crippen molar-refractivity contribution < 1.29 is 4.74 Å². The van der Waals surface area contributed by atoms with Crippen molar-refractivity contribution in [2.24, 2.45) is 5.92 Å². The highest BCUT2D eigenvalue weighted by Crippen LogP contribution is 2.32. The monoisotopic (exact) mass is 389 g/mol. The van der Waals surface area contributed by atoms with Crippen LogP contribution in [0.25, 0.3) is 0 Å². The maximum Gasteiger partial charge on any atom is 0.159 e. The van der Waals surface area contributed by atoms with Crippen molar-refractivity contribution in [3.8, 4) is 0 Å². The Kier molecular flexibility index (Phi) is 5.60. The lowest BCUT2D eigenvalue weighted by atomic mass is 10.1. The van der Waals surface area contributed by atoms with Crippen LogP contribution < -0.4 is 5.32 Å². The topological polar surface area (TPSA) is 47.0 Å². The molecule has 0 bridgehead atoms. The highest BCUT2D eigenvalue weighted by atomic mass is 127. The average Bonchev–Trinajstić information content (AvgIpc) is 2.80. The zero-order valence-corrected chi connectivity index (χ0v) is 14.9. The molecule has 2 rings (SSSR count). The lowest BCUT2D eigenvalue weighted by Crippen LogP contribution is -2.14. The van der Waals surface area contributed by atoms with Gasteiger partial charge in [-0.05, 0) is 61.6 Å². The fourth-order valence-electron chi connectivity index (χ4n) is 2.46. The molecule has 1 aromatic rings. The SMILES string of the molecule is CCNc1nc(C2CCC(C)O2)nc(CC(C)C)c1I. The summed E-state index contributed by atoms with van der Waals surface area (Å²) >= 11 is 2.35. The summed E-state index contributed by atoms with van der Waals surface area (Å²) in [6, 6.07) is 0. The first kappa shape index (κ1) is 15.9. The van der Waals surface area contributed by atoms with Crippen molar-refractivity contribution in [1.82, 2.24) is 9.97 Å². The molecule has 0 spiro atoms. The summed E-state index contributed by atoms with van der Waals surface area (Å²) in [7, 11) is 0. The van der Waals surface area contributed by atoms with E-state index in [1.807, 2.05) is 0 Å². The summed E-state index contributed by atoms with van der Waals surface area (Å²) in [5.74, 6) is 2.39. The van der Waals surface area contributed by atoms with Crippen LogP contribution in [0.15, 0.2) is 0 Å². The van der Waals surface area contributed by atoms with E-state index in [9.17, 15) is 0 Å². The molecule has 1 fully saturated rings. The summed E-state index contributed by atoms with van der Waals surface area (Å²) in [4.78, 5) is 9.48. The number of rotatable bonds is 5. The molecule has 0 saturated carbocycles. The van der Waals surface area contributed by atoms with Crippen LogP contribution in [-0.4, -0.2) is 22.6 Å². The summed E-state index contributed by atoms with van der Waals surface area (Å²) in [6.07, 6.45) is 3.48. The lowest BCUT2D eigenvalue weighted by Gasteiger charge is -2.16. The molecular formula is C15H24IN3O. The molecule has 1 aromatic heterocycles. The van der Waals surface area contributed by atoms with Gasteiger partial charge in [-0.3, -0.25) is 0 Å². The van der Waals surface area contributed by atoms with Gasteiger partial charge < -0.3 is 10.1 Å². The summed E-state index contributed by atoms with van der Waals surface area (Å²) in [5, 5.41) is 3.35. The second-order valence-electron chi connectivity index (χ2n) is 5.83. The molecular weight excluding hydrogens is 365 g/mol. The average molecular weight is 389 g/mol. The zero-order valence-electron chi connectivity index (χ0n) is 12.7. The molecule has 1 saturated heterocycles. The van der Waals surface area contributed by atoms with Crippen LogP contribution in [0.3, 0.4) is 0 Å². The molecule has 4 nitrogen and oxygen atoms in total. The van der Waals surface area contributed by atoms with Crippen molar-refractivity contribution in [3.05, 3.63) is 15.1 Å². The van der Waals surface area contributed by atoms with Crippen LogP contribution >= 0.6 is 22.6 Å². The number of hydrogen-bond acceptors (Lipinski definition) is 4. The molecule has 5 heteroatoms. The van der Waals surface area contributed by atoms with Gasteiger partial charge in [0.05, 0.1) is 15.4 Å². The summed E-state index contributed by atoms with van der Waals surface area (Å²) in [6.45, 7) is 9.52. The number of nitrogens with zero attached hydrogens (tertiary/aromatic N) is 2. The third-order valence-corrected chi connectivity index (χ3v) is 4.54. The predicted molar refractivity (Wildman–Crippen MR) is 90.0 cm³/mol. The van der Waals surface area contributed by atoms with E-state index in [4.69, 9.17) is 14.7 Å². The van der Waals surface area contributed by atoms with E-state index in [1.165, 1.54) is 0 Å². The largest absolute Gasteiger partial charge is 0.369 e. The van der Waals surface area contributed by atoms with Crippen molar-refractivity contribution >= 4 is 28.4 Å².